The van der Waals surface area contributed by atoms with Crippen LogP contribution >= 0.6 is 0 Å². The number of anilines is 2. The molecular formula is C23H21NO. The fourth-order valence-electron chi connectivity index (χ4n) is 3.37. The van der Waals surface area contributed by atoms with Gasteiger partial charge in [-0.1, -0.05) is 48.6 Å². The lowest BCUT2D eigenvalue weighted by Crippen LogP contribution is -1.97. The Morgan fingerprint density at radius 3 is 2.56 bits per heavy atom. The van der Waals surface area contributed by atoms with Gasteiger partial charge in [-0.15, -0.1) is 0 Å². The van der Waals surface area contributed by atoms with Gasteiger partial charge in [0, 0.05) is 16.9 Å². The Labute approximate surface area is 148 Å². The van der Waals surface area contributed by atoms with Crippen molar-refractivity contribution in [2.24, 2.45) is 0 Å². The highest BCUT2D eigenvalue weighted by Gasteiger charge is 2.10. The van der Waals surface area contributed by atoms with E-state index in [0.717, 1.165) is 29.8 Å². The summed E-state index contributed by atoms with van der Waals surface area (Å²) in [6.07, 6.45) is 6.75. The largest absolute Gasteiger partial charge is 0.508 e. The molecule has 3 aromatic rings. The smallest absolute Gasteiger partial charge is 0.120 e. The summed E-state index contributed by atoms with van der Waals surface area (Å²) in [5, 5.41) is 13.2. The van der Waals surface area contributed by atoms with Crippen molar-refractivity contribution in [3.63, 3.8) is 0 Å². The van der Waals surface area contributed by atoms with Crippen LogP contribution in [0.4, 0.5) is 11.4 Å². The van der Waals surface area contributed by atoms with Gasteiger partial charge in [0.15, 0.2) is 0 Å². The van der Waals surface area contributed by atoms with Crippen molar-refractivity contribution < 1.29 is 5.11 Å². The van der Waals surface area contributed by atoms with Gasteiger partial charge in [-0.05, 0) is 66.3 Å². The van der Waals surface area contributed by atoms with Crippen molar-refractivity contribution in [2.45, 2.75) is 19.8 Å². The van der Waals surface area contributed by atoms with Crippen LogP contribution in [0.25, 0.3) is 17.2 Å². The van der Waals surface area contributed by atoms with Gasteiger partial charge < -0.3 is 10.4 Å². The molecule has 1 aliphatic carbocycles. The third-order valence-corrected chi connectivity index (χ3v) is 4.84. The van der Waals surface area contributed by atoms with E-state index in [-0.39, 0.29) is 0 Å². The average Bonchev–Trinajstić information content (AvgIpc) is 2.66. The van der Waals surface area contributed by atoms with Crippen LogP contribution in [0.15, 0.2) is 66.7 Å². The van der Waals surface area contributed by atoms with Gasteiger partial charge in [-0.25, -0.2) is 0 Å². The first-order valence-corrected chi connectivity index (χ1v) is 8.67. The van der Waals surface area contributed by atoms with Crippen molar-refractivity contribution >= 4 is 17.5 Å². The van der Waals surface area contributed by atoms with Crippen LogP contribution in [0.1, 0.15) is 23.1 Å². The van der Waals surface area contributed by atoms with Crippen LogP contribution in [0.3, 0.4) is 0 Å². The summed E-state index contributed by atoms with van der Waals surface area (Å²) in [7, 11) is 0. The highest BCUT2D eigenvalue weighted by atomic mass is 16.3. The molecule has 0 aliphatic heterocycles. The van der Waals surface area contributed by atoms with E-state index in [4.69, 9.17) is 0 Å². The molecule has 4 rings (SSSR count). The Hall–Kier alpha value is -3.00. The molecule has 25 heavy (non-hydrogen) atoms. The number of aryl methyl sites for hydroxylation is 1. The Bertz CT molecular complexity index is 939. The minimum absolute atomic E-state index is 0.310. The van der Waals surface area contributed by atoms with Crippen molar-refractivity contribution in [1.82, 2.24) is 0 Å². The van der Waals surface area contributed by atoms with Gasteiger partial charge in [0.2, 0.25) is 0 Å². The highest BCUT2D eigenvalue weighted by Crippen LogP contribution is 2.32. The topological polar surface area (TPSA) is 32.3 Å². The standard InChI is InChI=1S/C23H21NO/c1-16-22(10-5-11-23(16)25)24-19-14-12-18(13-15-19)21-9-4-7-17-6-2-3-8-20(17)21/h3-5,7-15,24-25H,2,6H2,1H3. The summed E-state index contributed by atoms with van der Waals surface area (Å²) in [5.74, 6) is 0.310. The number of phenolic OH excluding ortho intramolecular Hbond substituents is 1. The molecular weight excluding hydrogens is 306 g/mol. The van der Waals surface area contributed by atoms with Crippen LogP contribution in [-0.2, 0) is 6.42 Å². The molecule has 0 bridgehead atoms. The van der Waals surface area contributed by atoms with E-state index in [1.807, 2.05) is 19.1 Å². The second kappa shape index (κ2) is 6.48. The molecule has 0 amide bonds. The van der Waals surface area contributed by atoms with Crippen LogP contribution in [0, 0.1) is 6.92 Å². The van der Waals surface area contributed by atoms with E-state index >= 15 is 0 Å². The molecule has 0 saturated heterocycles. The number of nitrogens with one attached hydrogen (secondary N) is 1. The third kappa shape index (κ3) is 3.03. The molecule has 124 valence electrons. The van der Waals surface area contributed by atoms with Crippen molar-refractivity contribution in [2.75, 3.05) is 5.32 Å². The zero-order valence-electron chi connectivity index (χ0n) is 14.3. The summed E-state index contributed by atoms with van der Waals surface area (Å²) in [6, 6.07) is 20.6. The molecule has 1 aliphatic rings. The second-order valence-corrected chi connectivity index (χ2v) is 6.47. The highest BCUT2D eigenvalue weighted by molar-refractivity contribution is 5.79. The summed E-state index contributed by atoms with van der Waals surface area (Å²) in [5.41, 5.74) is 8.07. The van der Waals surface area contributed by atoms with E-state index < -0.39 is 0 Å². The quantitative estimate of drug-likeness (QED) is 0.612. The van der Waals surface area contributed by atoms with E-state index in [1.54, 1.807) is 6.07 Å². The van der Waals surface area contributed by atoms with Gasteiger partial charge in [-0.2, -0.15) is 0 Å². The minimum atomic E-state index is 0.310. The minimum Gasteiger partial charge on any atom is -0.508 e. The molecule has 3 aromatic carbocycles. The van der Waals surface area contributed by atoms with E-state index in [9.17, 15) is 5.11 Å². The monoisotopic (exact) mass is 327 g/mol. The van der Waals surface area contributed by atoms with Crippen molar-refractivity contribution in [1.29, 1.82) is 0 Å². The maximum absolute atomic E-state index is 9.84. The molecule has 0 aromatic heterocycles. The Morgan fingerprint density at radius 1 is 0.920 bits per heavy atom. The Morgan fingerprint density at radius 2 is 1.72 bits per heavy atom. The van der Waals surface area contributed by atoms with Gasteiger partial charge in [0.25, 0.3) is 0 Å². The molecule has 2 N–H and O–H groups in total. The molecule has 0 atom stereocenters. The van der Waals surface area contributed by atoms with E-state index in [0.29, 0.717) is 5.75 Å². The fourth-order valence-corrected chi connectivity index (χ4v) is 3.37. The fraction of sp³-hybridized carbons (Fsp3) is 0.130. The number of allylic oxidation sites excluding steroid dienone is 1. The zero-order chi connectivity index (χ0) is 17.2. The summed E-state index contributed by atoms with van der Waals surface area (Å²) in [6.45, 7) is 1.91. The SMILES string of the molecule is Cc1c(O)cccc1Nc1ccc(-c2cccc3c2C=CCC3)cc1. The van der Waals surface area contributed by atoms with E-state index in [2.05, 4.69) is 59.9 Å². The predicted octanol–water partition coefficient (Wildman–Crippen LogP) is 6.07. The summed E-state index contributed by atoms with van der Waals surface area (Å²) in [4.78, 5) is 0. The van der Waals surface area contributed by atoms with Crippen LogP contribution < -0.4 is 5.32 Å². The lowest BCUT2D eigenvalue weighted by molar-refractivity contribution is 0.471. The number of hydrogen-bond donors (Lipinski definition) is 2. The number of aromatic hydroxyl groups is 1. The maximum Gasteiger partial charge on any atom is 0.120 e. The first kappa shape index (κ1) is 15.5. The molecule has 2 heteroatoms. The lowest BCUT2D eigenvalue weighted by atomic mass is 9.90. The molecule has 0 fully saturated rings. The summed E-state index contributed by atoms with van der Waals surface area (Å²) >= 11 is 0. The van der Waals surface area contributed by atoms with Gasteiger partial charge in [0.05, 0.1) is 0 Å². The molecule has 0 radical (unpaired) electrons. The Balaban J connectivity index is 1.63. The molecule has 0 saturated carbocycles. The molecule has 0 spiro atoms. The lowest BCUT2D eigenvalue weighted by Gasteiger charge is -2.16. The number of fused-ring (bicyclic) bond motifs is 1. The Kier molecular flexibility index (Phi) is 4.02. The molecule has 2 nitrogen and oxygen atoms in total. The van der Waals surface area contributed by atoms with Gasteiger partial charge in [0.1, 0.15) is 5.75 Å². The van der Waals surface area contributed by atoms with Crippen LogP contribution in [0.2, 0.25) is 0 Å². The third-order valence-electron chi connectivity index (χ3n) is 4.84. The zero-order valence-corrected chi connectivity index (χ0v) is 14.3. The predicted molar refractivity (Wildman–Crippen MR) is 105 cm³/mol. The van der Waals surface area contributed by atoms with Crippen LogP contribution in [0.5, 0.6) is 5.75 Å². The second-order valence-electron chi connectivity index (χ2n) is 6.47. The molecule has 0 heterocycles. The van der Waals surface area contributed by atoms with Crippen LogP contribution in [-0.4, -0.2) is 5.11 Å². The van der Waals surface area contributed by atoms with Gasteiger partial charge in [-0.3, -0.25) is 0 Å². The normalized spacial score (nSPS) is 12.7. The number of rotatable bonds is 3. The number of phenols is 1. The number of hydrogen-bond acceptors (Lipinski definition) is 2. The van der Waals surface area contributed by atoms with Crippen molar-refractivity contribution in [3.8, 4) is 16.9 Å². The molecule has 0 unspecified atom stereocenters. The average molecular weight is 327 g/mol. The van der Waals surface area contributed by atoms with Gasteiger partial charge >= 0.3 is 0 Å². The number of benzene rings is 3. The van der Waals surface area contributed by atoms with E-state index in [1.165, 1.54) is 22.3 Å². The first-order chi connectivity index (χ1) is 12.2. The van der Waals surface area contributed by atoms with Crippen molar-refractivity contribution in [3.05, 3.63) is 83.4 Å². The summed E-state index contributed by atoms with van der Waals surface area (Å²) < 4.78 is 0. The first-order valence-electron chi connectivity index (χ1n) is 8.67. The maximum atomic E-state index is 9.84.